The Morgan fingerprint density at radius 3 is 2.62 bits per heavy atom. The van der Waals surface area contributed by atoms with Crippen LogP contribution in [0.25, 0.3) is 10.9 Å². The first-order valence-corrected chi connectivity index (χ1v) is 8.44. The normalized spacial score (nSPS) is 16.1. The molecule has 8 heteroatoms. The molecule has 0 spiro atoms. The fraction of sp³-hybridized carbons (Fsp3) is 0.444. The number of esters is 1. The van der Waals surface area contributed by atoms with Gasteiger partial charge in [0.2, 0.25) is 5.52 Å². The molecule has 26 heavy (non-hydrogen) atoms. The molecule has 0 aliphatic carbocycles. The molecule has 3 rings (SSSR count). The first kappa shape index (κ1) is 18.4. The number of fused-ring (bicyclic) bond motifs is 1. The number of nitrogens with zero attached hydrogens (tertiary/aromatic N) is 1. The lowest BCUT2D eigenvalue weighted by Gasteiger charge is -2.33. The van der Waals surface area contributed by atoms with Crippen LogP contribution in [0.5, 0.6) is 0 Å². The smallest absolute Gasteiger partial charge is 0.466 e. The Hall–Kier alpha value is -2.38. The molecule has 1 saturated heterocycles. The molecule has 0 atom stereocenters. The largest absolute Gasteiger partial charge is 0.477 e. The number of carbonyl (C=O) groups is 1. The summed E-state index contributed by atoms with van der Waals surface area (Å²) in [5.74, 6) is -1.27. The average molecular weight is 371 g/mol. The molecule has 1 aliphatic rings. The Kier molecular flexibility index (Phi) is 5.02. The van der Waals surface area contributed by atoms with E-state index in [0.717, 1.165) is 12.1 Å². The van der Waals surface area contributed by atoms with Gasteiger partial charge in [0.05, 0.1) is 23.6 Å². The van der Waals surface area contributed by atoms with E-state index in [2.05, 4.69) is 4.98 Å². The fourth-order valence-electron chi connectivity index (χ4n) is 3.28. The van der Waals surface area contributed by atoms with Crippen LogP contribution in [0.3, 0.4) is 0 Å². The minimum absolute atomic E-state index is 0.176. The zero-order valence-electron chi connectivity index (χ0n) is 14.2. The number of hydrogen-bond donors (Lipinski definition) is 0. The van der Waals surface area contributed by atoms with Gasteiger partial charge in [-0.15, -0.1) is 0 Å². The molecule has 0 radical (unpaired) electrons. The van der Waals surface area contributed by atoms with E-state index in [1.807, 2.05) is 0 Å². The van der Waals surface area contributed by atoms with Crippen molar-refractivity contribution in [2.24, 2.45) is 5.92 Å². The highest BCUT2D eigenvalue weighted by molar-refractivity contribution is 5.90. The summed E-state index contributed by atoms with van der Waals surface area (Å²) >= 11 is 0. The Labute approximate surface area is 147 Å². The SMILES string of the molecule is CCOC(=O)C1CCN(c2cc(C(F)(F)F)[nH+]c3c(F)cccc23)CC1. The maximum atomic E-state index is 14.1. The maximum absolute atomic E-state index is 14.1. The molecule has 2 aromatic rings. The summed E-state index contributed by atoms with van der Waals surface area (Å²) in [5.41, 5.74) is -0.865. The summed E-state index contributed by atoms with van der Waals surface area (Å²) in [4.78, 5) is 15.8. The van der Waals surface area contributed by atoms with E-state index in [0.29, 0.717) is 43.6 Å². The molecule has 140 valence electrons. The quantitative estimate of drug-likeness (QED) is 0.612. The number of benzene rings is 1. The topological polar surface area (TPSA) is 43.7 Å². The van der Waals surface area contributed by atoms with Crippen LogP contribution in [0.1, 0.15) is 25.5 Å². The number of aromatic nitrogens is 1. The molecule has 1 fully saturated rings. The average Bonchev–Trinajstić information content (AvgIpc) is 2.61. The van der Waals surface area contributed by atoms with Crippen molar-refractivity contribution in [2.45, 2.75) is 25.9 Å². The van der Waals surface area contributed by atoms with Crippen molar-refractivity contribution in [3.8, 4) is 0 Å². The number of alkyl halides is 3. The van der Waals surface area contributed by atoms with Crippen molar-refractivity contribution in [3.05, 3.63) is 35.8 Å². The van der Waals surface area contributed by atoms with Crippen LogP contribution in [0, 0.1) is 11.7 Å². The number of nitrogens with one attached hydrogen (secondary N) is 1. The van der Waals surface area contributed by atoms with Gasteiger partial charge in [-0.2, -0.15) is 22.5 Å². The summed E-state index contributed by atoms with van der Waals surface area (Å²) in [6, 6.07) is 5.18. The second-order valence-electron chi connectivity index (χ2n) is 6.24. The lowest BCUT2D eigenvalue weighted by molar-refractivity contribution is -0.400. The van der Waals surface area contributed by atoms with E-state index < -0.39 is 17.7 Å². The molecular formula is C18H19F4N2O2+. The number of halogens is 4. The number of rotatable bonds is 3. The highest BCUT2D eigenvalue weighted by Gasteiger charge is 2.40. The van der Waals surface area contributed by atoms with Gasteiger partial charge in [0.25, 0.3) is 5.69 Å². The number of hydrogen-bond acceptors (Lipinski definition) is 3. The van der Waals surface area contributed by atoms with E-state index in [-0.39, 0.29) is 17.4 Å². The number of aromatic amines is 1. The molecule has 0 unspecified atom stereocenters. The Bertz CT molecular complexity index is 815. The van der Waals surface area contributed by atoms with Gasteiger partial charge in [0.15, 0.2) is 5.82 Å². The third-order valence-electron chi connectivity index (χ3n) is 4.59. The van der Waals surface area contributed by atoms with E-state index in [1.165, 1.54) is 6.07 Å². The molecule has 1 aromatic carbocycles. The van der Waals surface area contributed by atoms with Gasteiger partial charge in [-0.3, -0.25) is 4.79 Å². The number of H-pyrrole nitrogens is 1. The molecular weight excluding hydrogens is 352 g/mol. The summed E-state index contributed by atoms with van der Waals surface area (Å²) in [5, 5.41) is 0.382. The molecule has 1 aliphatic heterocycles. The minimum atomic E-state index is -4.62. The van der Waals surface area contributed by atoms with Crippen molar-refractivity contribution in [3.63, 3.8) is 0 Å². The lowest BCUT2D eigenvalue weighted by Crippen LogP contribution is -2.37. The first-order chi connectivity index (χ1) is 12.3. The monoisotopic (exact) mass is 371 g/mol. The van der Waals surface area contributed by atoms with E-state index in [4.69, 9.17) is 4.74 Å². The van der Waals surface area contributed by atoms with Gasteiger partial charge in [-0.05, 0) is 31.9 Å². The van der Waals surface area contributed by atoms with Crippen LogP contribution in [-0.2, 0) is 15.7 Å². The van der Waals surface area contributed by atoms with Crippen molar-refractivity contribution in [1.82, 2.24) is 0 Å². The fourth-order valence-corrected chi connectivity index (χ4v) is 3.28. The van der Waals surface area contributed by atoms with Crippen molar-refractivity contribution >= 4 is 22.6 Å². The molecule has 0 saturated carbocycles. The van der Waals surface area contributed by atoms with Gasteiger partial charge in [0.1, 0.15) is 0 Å². The number of piperidine rings is 1. The zero-order valence-corrected chi connectivity index (χ0v) is 14.2. The van der Waals surface area contributed by atoms with E-state index in [9.17, 15) is 22.4 Å². The van der Waals surface area contributed by atoms with Crippen LogP contribution in [0.4, 0.5) is 23.2 Å². The summed E-state index contributed by atoms with van der Waals surface area (Å²) in [7, 11) is 0. The molecule has 2 heterocycles. The Morgan fingerprint density at radius 1 is 1.31 bits per heavy atom. The van der Waals surface area contributed by atoms with Gasteiger partial charge in [-0.1, -0.05) is 6.07 Å². The summed E-state index contributed by atoms with van der Waals surface area (Å²) < 4.78 is 58.7. The van der Waals surface area contributed by atoms with Crippen molar-refractivity contribution < 1.29 is 32.1 Å². The van der Waals surface area contributed by atoms with Gasteiger partial charge >= 0.3 is 12.1 Å². The van der Waals surface area contributed by atoms with Gasteiger partial charge < -0.3 is 9.64 Å². The van der Waals surface area contributed by atoms with E-state index >= 15 is 0 Å². The zero-order chi connectivity index (χ0) is 18.9. The third kappa shape index (κ3) is 3.59. The van der Waals surface area contributed by atoms with Crippen LogP contribution < -0.4 is 9.88 Å². The van der Waals surface area contributed by atoms with E-state index in [1.54, 1.807) is 17.9 Å². The second kappa shape index (κ2) is 7.09. The van der Waals surface area contributed by atoms with Crippen LogP contribution in [0.15, 0.2) is 24.3 Å². The lowest BCUT2D eigenvalue weighted by atomic mass is 9.96. The maximum Gasteiger partial charge on any atom is 0.477 e. The van der Waals surface area contributed by atoms with Crippen molar-refractivity contribution in [2.75, 3.05) is 24.6 Å². The van der Waals surface area contributed by atoms with Crippen LogP contribution in [0.2, 0.25) is 0 Å². The standard InChI is InChI=1S/C18H18F4N2O2/c1-2-26-17(25)11-6-8-24(9-7-11)14-10-15(18(20,21)22)23-16-12(14)4-3-5-13(16)19/h3-5,10-11H,2,6-9H2,1H3/p+1. The Balaban J connectivity index is 1.95. The number of anilines is 1. The molecule has 0 amide bonds. The summed E-state index contributed by atoms with van der Waals surface area (Å²) in [6.45, 7) is 2.83. The minimum Gasteiger partial charge on any atom is -0.466 e. The molecule has 1 aromatic heterocycles. The number of carbonyl (C=O) groups excluding carboxylic acids is 1. The highest BCUT2D eigenvalue weighted by Crippen LogP contribution is 2.35. The molecule has 4 nitrogen and oxygen atoms in total. The third-order valence-corrected chi connectivity index (χ3v) is 4.59. The summed E-state index contributed by atoms with van der Waals surface area (Å²) in [6.07, 6.45) is -3.65. The Morgan fingerprint density at radius 2 is 2.00 bits per heavy atom. The van der Waals surface area contributed by atoms with Crippen molar-refractivity contribution in [1.29, 1.82) is 0 Å². The van der Waals surface area contributed by atoms with Gasteiger partial charge in [0, 0.05) is 19.2 Å². The molecule has 0 bridgehead atoms. The molecule has 1 N–H and O–H groups in total. The predicted octanol–water partition coefficient (Wildman–Crippen LogP) is 3.59. The van der Waals surface area contributed by atoms with Gasteiger partial charge in [-0.25, -0.2) is 0 Å². The predicted molar refractivity (Wildman–Crippen MR) is 87.0 cm³/mol. The van der Waals surface area contributed by atoms with Crippen LogP contribution in [-0.4, -0.2) is 25.7 Å². The number of para-hydroxylation sites is 1. The number of ether oxygens (including phenoxy) is 1. The second-order valence-corrected chi connectivity index (χ2v) is 6.24. The van der Waals surface area contributed by atoms with Crippen LogP contribution >= 0.6 is 0 Å². The highest BCUT2D eigenvalue weighted by atomic mass is 19.4. The number of pyridine rings is 1. The first-order valence-electron chi connectivity index (χ1n) is 8.44.